The minimum absolute atomic E-state index is 0.0175. The fraction of sp³-hybridized carbons (Fsp3) is 0.0909. The number of thioether (sulfide) groups is 1. The molecule has 0 fully saturated rings. The van der Waals surface area contributed by atoms with Gasteiger partial charge in [0, 0.05) is 11.8 Å². The molecule has 0 aliphatic carbocycles. The molecule has 0 atom stereocenters. The van der Waals surface area contributed by atoms with Crippen molar-refractivity contribution in [3.8, 4) is 5.69 Å². The van der Waals surface area contributed by atoms with Crippen LogP contribution in [0.2, 0.25) is 0 Å². The molecule has 0 spiro atoms. The SMILES string of the molecule is Cc1ccc(CSc2nc3ccccc3c(=O)n2-c2ccc(F)cc2F)cc1. The minimum atomic E-state index is -0.809. The van der Waals surface area contributed by atoms with Gasteiger partial charge in [-0.3, -0.25) is 9.36 Å². The molecule has 4 rings (SSSR count). The quantitative estimate of drug-likeness (QED) is 0.350. The van der Waals surface area contributed by atoms with Gasteiger partial charge in [0.15, 0.2) is 5.16 Å². The third kappa shape index (κ3) is 3.55. The van der Waals surface area contributed by atoms with Crippen molar-refractivity contribution in [1.29, 1.82) is 0 Å². The number of fused-ring (bicyclic) bond motifs is 1. The maximum Gasteiger partial charge on any atom is 0.266 e. The number of halogens is 2. The van der Waals surface area contributed by atoms with Crippen LogP contribution in [0.4, 0.5) is 8.78 Å². The predicted octanol–water partition coefficient (Wildman–Crippen LogP) is 5.26. The molecule has 0 unspecified atom stereocenters. The number of para-hydroxylation sites is 1. The van der Waals surface area contributed by atoms with E-state index in [9.17, 15) is 13.6 Å². The highest BCUT2D eigenvalue weighted by Gasteiger charge is 2.16. The lowest BCUT2D eigenvalue weighted by atomic mass is 10.2. The summed E-state index contributed by atoms with van der Waals surface area (Å²) in [5.74, 6) is -0.943. The third-order valence-corrected chi connectivity index (χ3v) is 5.39. The van der Waals surface area contributed by atoms with Gasteiger partial charge in [0.05, 0.1) is 16.6 Å². The largest absolute Gasteiger partial charge is 0.268 e. The fourth-order valence-corrected chi connectivity index (χ4v) is 3.88. The van der Waals surface area contributed by atoms with Gasteiger partial charge < -0.3 is 0 Å². The molecule has 0 radical (unpaired) electrons. The van der Waals surface area contributed by atoms with Gasteiger partial charge in [-0.05, 0) is 36.8 Å². The lowest BCUT2D eigenvalue weighted by Gasteiger charge is -2.14. The van der Waals surface area contributed by atoms with E-state index in [0.29, 0.717) is 21.8 Å². The molecule has 28 heavy (non-hydrogen) atoms. The molecule has 0 bridgehead atoms. The Morgan fingerprint density at radius 3 is 2.50 bits per heavy atom. The Balaban J connectivity index is 1.85. The Kier molecular flexibility index (Phi) is 4.96. The van der Waals surface area contributed by atoms with Crippen molar-refractivity contribution in [2.45, 2.75) is 17.8 Å². The van der Waals surface area contributed by atoms with Crippen molar-refractivity contribution < 1.29 is 8.78 Å². The average molecular weight is 394 g/mol. The van der Waals surface area contributed by atoms with Crippen molar-refractivity contribution >= 4 is 22.7 Å². The van der Waals surface area contributed by atoms with Crippen molar-refractivity contribution in [1.82, 2.24) is 9.55 Å². The zero-order valence-electron chi connectivity index (χ0n) is 15.0. The van der Waals surface area contributed by atoms with Crippen LogP contribution in [0.25, 0.3) is 16.6 Å². The summed E-state index contributed by atoms with van der Waals surface area (Å²) in [6.07, 6.45) is 0. The third-order valence-electron chi connectivity index (χ3n) is 4.38. The molecule has 6 heteroatoms. The Hall–Kier alpha value is -2.99. The molecule has 4 aromatic rings. The Morgan fingerprint density at radius 2 is 1.75 bits per heavy atom. The predicted molar refractivity (Wildman–Crippen MR) is 108 cm³/mol. The number of benzene rings is 3. The van der Waals surface area contributed by atoms with E-state index < -0.39 is 11.6 Å². The van der Waals surface area contributed by atoms with E-state index >= 15 is 0 Å². The summed E-state index contributed by atoms with van der Waals surface area (Å²) in [5.41, 5.74) is 2.35. The van der Waals surface area contributed by atoms with Crippen LogP contribution in [0, 0.1) is 18.6 Å². The molecule has 0 aliphatic heterocycles. The van der Waals surface area contributed by atoms with E-state index in [0.717, 1.165) is 23.3 Å². The van der Waals surface area contributed by atoms with Gasteiger partial charge in [-0.1, -0.05) is 53.7 Å². The van der Waals surface area contributed by atoms with Gasteiger partial charge >= 0.3 is 0 Å². The van der Waals surface area contributed by atoms with Gasteiger partial charge in [-0.2, -0.15) is 0 Å². The maximum absolute atomic E-state index is 14.5. The highest BCUT2D eigenvalue weighted by molar-refractivity contribution is 7.98. The molecule has 0 N–H and O–H groups in total. The van der Waals surface area contributed by atoms with Crippen LogP contribution < -0.4 is 5.56 Å². The molecule has 1 heterocycles. The molecule has 3 aromatic carbocycles. The summed E-state index contributed by atoms with van der Waals surface area (Å²) in [4.78, 5) is 17.7. The van der Waals surface area contributed by atoms with E-state index in [1.165, 1.54) is 22.4 Å². The first kappa shape index (κ1) is 18.4. The number of rotatable bonds is 4. The molecular weight excluding hydrogens is 378 g/mol. The van der Waals surface area contributed by atoms with Crippen LogP contribution >= 0.6 is 11.8 Å². The number of nitrogens with zero attached hydrogens (tertiary/aromatic N) is 2. The lowest BCUT2D eigenvalue weighted by Crippen LogP contribution is -2.22. The van der Waals surface area contributed by atoms with Crippen LogP contribution in [-0.4, -0.2) is 9.55 Å². The van der Waals surface area contributed by atoms with Crippen LogP contribution in [-0.2, 0) is 5.75 Å². The molecule has 0 amide bonds. The molecule has 0 aliphatic rings. The van der Waals surface area contributed by atoms with Gasteiger partial charge in [0.25, 0.3) is 5.56 Å². The standard InChI is InChI=1S/C22H16F2N2OS/c1-14-6-8-15(9-7-14)13-28-22-25-19-5-3-2-4-17(19)21(27)26(22)20-11-10-16(23)12-18(20)24/h2-12H,13H2,1H3. The van der Waals surface area contributed by atoms with E-state index in [1.807, 2.05) is 31.2 Å². The first-order valence-corrected chi connectivity index (χ1v) is 9.67. The van der Waals surface area contributed by atoms with Crippen molar-refractivity contribution in [2.75, 3.05) is 0 Å². The van der Waals surface area contributed by atoms with Crippen molar-refractivity contribution in [3.05, 3.63) is 99.8 Å². The summed E-state index contributed by atoms with van der Waals surface area (Å²) in [6, 6.07) is 18.1. The maximum atomic E-state index is 14.5. The summed E-state index contributed by atoms with van der Waals surface area (Å²) < 4.78 is 29.1. The topological polar surface area (TPSA) is 34.9 Å². The molecule has 1 aromatic heterocycles. The highest BCUT2D eigenvalue weighted by Crippen LogP contribution is 2.26. The van der Waals surface area contributed by atoms with Gasteiger partial charge in [0.2, 0.25) is 0 Å². The Bertz CT molecular complexity index is 1220. The van der Waals surface area contributed by atoms with Gasteiger partial charge in [-0.25, -0.2) is 13.8 Å². The van der Waals surface area contributed by atoms with Crippen LogP contribution in [0.3, 0.4) is 0 Å². The summed E-state index contributed by atoms with van der Waals surface area (Å²) in [5, 5.41) is 0.737. The normalized spacial score (nSPS) is 11.1. The second kappa shape index (κ2) is 7.56. The Morgan fingerprint density at radius 1 is 1.00 bits per heavy atom. The van der Waals surface area contributed by atoms with Crippen LogP contribution in [0.1, 0.15) is 11.1 Å². The van der Waals surface area contributed by atoms with Crippen molar-refractivity contribution in [3.63, 3.8) is 0 Å². The lowest BCUT2D eigenvalue weighted by molar-refractivity contribution is 0.572. The van der Waals surface area contributed by atoms with Crippen LogP contribution in [0.15, 0.2) is 76.7 Å². The van der Waals surface area contributed by atoms with E-state index in [2.05, 4.69) is 4.98 Å². The molecule has 3 nitrogen and oxygen atoms in total. The summed E-state index contributed by atoms with van der Waals surface area (Å²) >= 11 is 1.33. The van der Waals surface area contributed by atoms with E-state index in [4.69, 9.17) is 0 Å². The highest BCUT2D eigenvalue weighted by atomic mass is 32.2. The monoisotopic (exact) mass is 394 g/mol. The molecule has 0 saturated carbocycles. The van der Waals surface area contributed by atoms with E-state index in [1.54, 1.807) is 24.3 Å². The zero-order chi connectivity index (χ0) is 19.7. The summed E-state index contributed by atoms with van der Waals surface area (Å²) in [6.45, 7) is 2.01. The number of hydrogen-bond acceptors (Lipinski definition) is 3. The van der Waals surface area contributed by atoms with Crippen LogP contribution in [0.5, 0.6) is 0 Å². The first-order chi connectivity index (χ1) is 13.5. The minimum Gasteiger partial charge on any atom is -0.268 e. The molecule has 0 saturated heterocycles. The second-order valence-corrected chi connectivity index (χ2v) is 7.36. The fourth-order valence-electron chi connectivity index (χ4n) is 2.92. The number of aromatic nitrogens is 2. The molecular formula is C22H16F2N2OS. The van der Waals surface area contributed by atoms with E-state index in [-0.39, 0.29) is 11.2 Å². The average Bonchev–Trinajstić information content (AvgIpc) is 2.69. The Labute approximate surface area is 164 Å². The number of aryl methyl sites for hydroxylation is 1. The smallest absolute Gasteiger partial charge is 0.266 e. The molecule has 140 valence electrons. The number of hydrogen-bond donors (Lipinski definition) is 0. The van der Waals surface area contributed by atoms with Crippen molar-refractivity contribution in [2.24, 2.45) is 0 Å². The summed E-state index contributed by atoms with van der Waals surface area (Å²) in [7, 11) is 0. The van der Waals surface area contributed by atoms with Gasteiger partial charge in [-0.15, -0.1) is 0 Å². The van der Waals surface area contributed by atoms with Gasteiger partial charge in [0.1, 0.15) is 11.6 Å². The first-order valence-electron chi connectivity index (χ1n) is 8.68. The second-order valence-electron chi connectivity index (χ2n) is 6.42. The zero-order valence-corrected chi connectivity index (χ0v) is 15.8.